The van der Waals surface area contributed by atoms with E-state index in [9.17, 15) is 25.0 Å². The fourth-order valence-electron chi connectivity index (χ4n) is 2.49. The molecule has 0 aliphatic rings. The van der Waals surface area contributed by atoms with Gasteiger partial charge in [-0.25, -0.2) is 0 Å². The van der Waals surface area contributed by atoms with E-state index in [2.05, 4.69) is 5.32 Å². The van der Waals surface area contributed by atoms with Gasteiger partial charge in [-0.05, 0) is 24.3 Å². The van der Waals surface area contributed by atoms with Crippen LogP contribution in [-0.4, -0.2) is 22.9 Å². The quantitative estimate of drug-likeness (QED) is 0.501. The lowest BCUT2D eigenvalue weighted by atomic mass is 10.1. The number of anilines is 1. The molecule has 142 valence electrons. The van der Waals surface area contributed by atoms with Crippen molar-refractivity contribution in [1.29, 1.82) is 0 Å². The van der Waals surface area contributed by atoms with Gasteiger partial charge in [-0.1, -0.05) is 12.1 Å². The first-order valence-corrected chi connectivity index (χ1v) is 7.87. The number of amides is 1. The number of non-ortho nitro benzene ring substituents is 1. The average molecular weight is 383 g/mol. The van der Waals surface area contributed by atoms with Crippen LogP contribution in [0.2, 0.25) is 0 Å². The number of carbonyl (C=O) groups is 1. The Morgan fingerprint density at radius 1 is 1.04 bits per heavy atom. The fourth-order valence-corrected chi connectivity index (χ4v) is 2.49. The number of nitrogens with one attached hydrogen (secondary N) is 1. The lowest BCUT2D eigenvalue weighted by Crippen LogP contribution is -2.11. The molecule has 0 unspecified atom stereocenters. The summed E-state index contributed by atoms with van der Waals surface area (Å²) in [6, 6.07) is 12.7. The summed E-state index contributed by atoms with van der Waals surface area (Å²) < 4.78 is 10.4. The number of benzene rings is 2. The van der Waals surface area contributed by atoms with E-state index in [0.29, 0.717) is 5.56 Å². The minimum atomic E-state index is -0.629. The summed E-state index contributed by atoms with van der Waals surface area (Å²) in [5.74, 6) is -0.348. The molecular formula is C18H13N3O7. The largest absolute Gasteiger partial charge is 0.490 e. The standard InChI is InChI=1S/C18H13N3O7/c1-27-16-6-5-12(10-14(16)21(25)26)19-18(22)17-8-7-15(28-17)11-3-2-4-13(9-11)20(23)24/h2-10H,1H3,(H,19,22). The maximum Gasteiger partial charge on any atom is 0.312 e. The third kappa shape index (κ3) is 3.80. The highest BCUT2D eigenvalue weighted by atomic mass is 16.6. The van der Waals surface area contributed by atoms with Gasteiger partial charge < -0.3 is 14.5 Å². The van der Waals surface area contributed by atoms with Gasteiger partial charge in [-0.3, -0.25) is 25.0 Å². The molecule has 3 rings (SSSR count). The van der Waals surface area contributed by atoms with Gasteiger partial charge in [0, 0.05) is 29.4 Å². The van der Waals surface area contributed by atoms with Crippen LogP contribution in [-0.2, 0) is 0 Å². The molecule has 1 heterocycles. The lowest BCUT2D eigenvalue weighted by molar-refractivity contribution is -0.385. The minimum absolute atomic E-state index is 0.0556. The number of nitro groups is 2. The summed E-state index contributed by atoms with van der Waals surface area (Å²) in [6.07, 6.45) is 0. The molecule has 3 aromatic rings. The smallest absolute Gasteiger partial charge is 0.312 e. The van der Waals surface area contributed by atoms with Crippen molar-refractivity contribution in [3.8, 4) is 17.1 Å². The van der Waals surface area contributed by atoms with E-state index in [-0.39, 0.29) is 34.3 Å². The molecule has 0 aliphatic carbocycles. The van der Waals surface area contributed by atoms with Gasteiger partial charge in [0.2, 0.25) is 0 Å². The molecule has 0 saturated carbocycles. The molecule has 10 heteroatoms. The highest BCUT2D eigenvalue weighted by molar-refractivity contribution is 6.02. The van der Waals surface area contributed by atoms with Gasteiger partial charge in [0.25, 0.3) is 11.6 Å². The number of rotatable bonds is 6. The third-order valence-electron chi connectivity index (χ3n) is 3.80. The zero-order chi connectivity index (χ0) is 20.3. The van der Waals surface area contributed by atoms with E-state index in [1.807, 2.05) is 0 Å². The zero-order valence-corrected chi connectivity index (χ0v) is 14.4. The van der Waals surface area contributed by atoms with Crippen molar-refractivity contribution < 1.29 is 23.8 Å². The maximum atomic E-state index is 12.4. The predicted octanol–water partition coefficient (Wildman–Crippen LogP) is 4.02. The molecule has 1 aromatic heterocycles. The molecule has 28 heavy (non-hydrogen) atoms. The monoisotopic (exact) mass is 383 g/mol. The first kappa shape index (κ1) is 18.6. The van der Waals surface area contributed by atoms with Gasteiger partial charge >= 0.3 is 5.69 Å². The molecule has 1 amide bonds. The van der Waals surface area contributed by atoms with E-state index in [0.717, 1.165) is 0 Å². The van der Waals surface area contributed by atoms with Crippen molar-refractivity contribution in [2.75, 3.05) is 12.4 Å². The highest BCUT2D eigenvalue weighted by Crippen LogP contribution is 2.30. The molecule has 0 saturated heterocycles. The molecule has 0 fully saturated rings. The van der Waals surface area contributed by atoms with Gasteiger partial charge in [0.15, 0.2) is 11.5 Å². The topological polar surface area (TPSA) is 138 Å². The van der Waals surface area contributed by atoms with Gasteiger partial charge in [-0.15, -0.1) is 0 Å². The summed E-state index contributed by atoms with van der Waals surface area (Å²) in [5.41, 5.74) is 0.224. The minimum Gasteiger partial charge on any atom is -0.490 e. The second-order valence-corrected chi connectivity index (χ2v) is 5.57. The van der Waals surface area contributed by atoms with Gasteiger partial charge in [0.05, 0.1) is 17.0 Å². The molecule has 0 atom stereocenters. The van der Waals surface area contributed by atoms with E-state index in [4.69, 9.17) is 9.15 Å². The van der Waals surface area contributed by atoms with Gasteiger partial charge in [0.1, 0.15) is 5.76 Å². The summed E-state index contributed by atoms with van der Waals surface area (Å²) in [7, 11) is 1.30. The number of hydrogen-bond donors (Lipinski definition) is 1. The number of ether oxygens (including phenoxy) is 1. The number of nitrogens with zero attached hydrogens (tertiary/aromatic N) is 2. The maximum absolute atomic E-state index is 12.4. The van der Waals surface area contributed by atoms with Crippen LogP contribution in [0.15, 0.2) is 59.0 Å². The Morgan fingerprint density at radius 2 is 1.82 bits per heavy atom. The van der Waals surface area contributed by atoms with Gasteiger partial charge in [-0.2, -0.15) is 0 Å². The summed E-state index contributed by atoms with van der Waals surface area (Å²) in [6.45, 7) is 0. The Balaban J connectivity index is 1.81. The first-order valence-electron chi connectivity index (χ1n) is 7.87. The Hall–Kier alpha value is -4.21. The average Bonchev–Trinajstić information content (AvgIpc) is 3.18. The van der Waals surface area contributed by atoms with Crippen molar-refractivity contribution in [1.82, 2.24) is 0 Å². The van der Waals surface area contributed by atoms with Crippen LogP contribution in [0.4, 0.5) is 17.1 Å². The van der Waals surface area contributed by atoms with Crippen LogP contribution in [0.3, 0.4) is 0 Å². The van der Waals surface area contributed by atoms with E-state index < -0.39 is 15.8 Å². The van der Waals surface area contributed by atoms with Crippen LogP contribution in [0.5, 0.6) is 5.75 Å². The third-order valence-corrected chi connectivity index (χ3v) is 3.80. The Morgan fingerprint density at radius 3 is 2.50 bits per heavy atom. The van der Waals surface area contributed by atoms with Crippen molar-refractivity contribution in [2.45, 2.75) is 0 Å². The van der Waals surface area contributed by atoms with Crippen molar-refractivity contribution in [3.05, 3.63) is 80.6 Å². The Labute approximate surface area is 157 Å². The number of hydrogen-bond acceptors (Lipinski definition) is 7. The van der Waals surface area contributed by atoms with Crippen LogP contribution in [0.25, 0.3) is 11.3 Å². The van der Waals surface area contributed by atoms with Crippen LogP contribution >= 0.6 is 0 Å². The van der Waals surface area contributed by atoms with Crippen LogP contribution in [0, 0.1) is 20.2 Å². The van der Waals surface area contributed by atoms with Crippen molar-refractivity contribution >= 4 is 23.0 Å². The van der Waals surface area contributed by atoms with Crippen LogP contribution in [0.1, 0.15) is 10.6 Å². The van der Waals surface area contributed by atoms with E-state index in [1.165, 1.54) is 55.6 Å². The zero-order valence-electron chi connectivity index (χ0n) is 14.4. The fraction of sp³-hybridized carbons (Fsp3) is 0.0556. The van der Waals surface area contributed by atoms with Crippen molar-refractivity contribution in [3.63, 3.8) is 0 Å². The number of nitro benzene ring substituents is 2. The molecule has 0 bridgehead atoms. The molecule has 1 N–H and O–H groups in total. The number of furan rings is 1. The van der Waals surface area contributed by atoms with E-state index in [1.54, 1.807) is 6.07 Å². The normalized spacial score (nSPS) is 10.3. The number of carbonyl (C=O) groups excluding carboxylic acids is 1. The summed E-state index contributed by atoms with van der Waals surface area (Å²) in [4.78, 5) is 33.1. The predicted molar refractivity (Wildman–Crippen MR) is 98.4 cm³/mol. The Kier molecular flexibility index (Phi) is 5.03. The SMILES string of the molecule is COc1ccc(NC(=O)c2ccc(-c3cccc([N+](=O)[O-])c3)o2)cc1[N+](=O)[O-]. The van der Waals surface area contributed by atoms with Crippen LogP contribution < -0.4 is 10.1 Å². The Bertz CT molecular complexity index is 1070. The molecule has 2 aromatic carbocycles. The highest BCUT2D eigenvalue weighted by Gasteiger charge is 2.18. The van der Waals surface area contributed by atoms with Crippen molar-refractivity contribution in [2.24, 2.45) is 0 Å². The second-order valence-electron chi connectivity index (χ2n) is 5.57. The molecule has 0 spiro atoms. The molecular weight excluding hydrogens is 370 g/mol. The summed E-state index contributed by atoms with van der Waals surface area (Å²) >= 11 is 0. The molecule has 10 nitrogen and oxygen atoms in total. The lowest BCUT2D eigenvalue weighted by Gasteiger charge is -2.06. The second kappa shape index (κ2) is 7.58. The summed E-state index contributed by atoms with van der Waals surface area (Å²) in [5, 5.41) is 24.4. The molecule has 0 radical (unpaired) electrons. The molecule has 0 aliphatic heterocycles. The van der Waals surface area contributed by atoms with E-state index >= 15 is 0 Å². The first-order chi connectivity index (χ1) is 13.4. The number of methoxy groups -OCH3 is 1.